The third-order valence-electron chi connectivity index (χ3n) is 4.67. The van der Waals surface area contributed by atoms with Crippen molar-refractivity contribution in [2.75, 3.05) is 30.3 Å². The van der Waals surface area contributed by atoms with E-state index in [1.54, 1.807) is 12.4 Å². The summed E-state index contributed by atoms with van der Waals surface area (Å²) in [6, 6.07) is 0. The minimum atomic E-state index is -0.866. The van der Waals surface area contributed by atoms with Gasteiger partial charge in [0.15, 0.2) is 12.0 Å². The average molecular weight is 400 g/mol. The highest BCUT2D eigenvalue weighted by Gasteiger charge is 2.25. The topological polar surface area (TPSA) is 129 Å². The second-order valence-electron chi connectivity index (χ2n) is 6.40. The van der Waals surface area contributed by atoms with E-state index in [0.717, 1.165) is 38.3 Å². The van der Waals surface area contributed by atoms with Crippen LogP contribution in [0.4, 0.5) is 11.6 Å². The van der Waals surface area contributed by atoms with E-state index < -0.39 is 12.3 Å². The largest absolute Gasteiger partial charge is 0.382 e. The Labute approximate surface area is 162 Å². The number of nitrogens with two attached hydrogens (primary N) is 3. The normalized spacial score (nSPS) is 22.8. The van der Waals surface area contributed by atoms with E-state index in [1.165, 1.54) is 0 Å². The second kappa shape index (κ2) is 8.49. The molecule has 2 aliphatic heterocycles. The molecule has 1 aromatic rings. The van der Waals surface area contributed by atoms with E-state index in [1.807, 2.05) is 0 Å². The lowest BCUT2D eigenvalue weighted by Gasteiger charge is -2.32. The summed E-state index contributed by atoms with van der Waals surface area (Å²) < 4.78 is 5.76. The number of ether oxygens (including phenoxy) is 1. The molecule has 0 bridgehead atoms. The summed E-state index contributed by atoms with van der Waals surface area (Å²) in [7, 11) is 0. The first-order valence-corrected chi connectivity index (χ1v) is 9.31. The van der Waals surface area contributed by atoms with E-state index in [-0.39, 0.29) is 11.0 Å². The molecule has 2 unspecified atom stereocenters. The van der Waals surface area contributed by atoms with E-state index >= 15 is 0 Å². The van der Waals surface area contributed by atoms with Crippen LogP contribution in [0.5, 0.6) is 0 Å². The fraction of sp³-hybridized carbons (Fsp3) is 0.562. The summed E-state index contributed by atoms with van der Waals surface area (Å²) in [6.45, 7) is 2.50. The van der Waals surface area contributed by atoms with Crippen molar-refractivity contribution in [1.29, 1.82) is 0 Å². The lowest BCUT2D eigenvalue weighted by Crippen LogP contribution is -2.37. The Kier molecular flexibility index (Phi) is 6.31. The summed E-state index contributed by atoms with van der Waals surface area (Å²) in [5, 5.41) is 0.515. The van der Waals surface area contributed by atoms with Gasteiger partial charge in [0.2, 0.25) is 0 Å². The molecule has 0 saturated carbocycles. The first-order valence-electron chi connectivity index (χ1n) is 8.55. The lowest BCUT2D eigenvalue weighted by atomic mass is 9.97. The van der Waals surface area contributed by atoms with Crippen LogP contribution in [0, 0.1) is 5.92 Å². The van der Waals surface area contributed by atoms with Crippen molar-refractivity contribution in [2.24, 2.45) is 22.4 Å². The van der Waals surface area contributed by atoms with Gasteiger partial charge in [0.1, 0.15) is 22.8 Å². The van der Waals surface area contributed by atoms with Crippen LogP contribution in [0.15, 0.2) is 21.4 Å². The van der Waals surface area contributed by atoms with E-state index in [2.05, 4.69) is 19.9 Å². The minimum Gasteiger partial charge on any atom is -0.382 e. The Morgan fingerprint density at radius 2 is 2.04 bits per heavy atom. The SMILES string of the molecule is NCC1CCN(c2cnc(C(N)OC3CC=NC(Cl)=C3Cl)c(N)n2)CC1. The molecule has 142 valence electrons. The fourth-order valence-electron chi connectivity index (χ4n) is 3.06. The molecule has 3 heterocycles. The fourth-order valence-corrected chi connectivity index (χ4v) is 3.44. The summed E-state index contributed by atoms with van der Waals surface area (Å²) in [5.74, 6) is 1.55. The van der Waals surface area contributed by atoms with Crippen molar-refractivity contribution in [3.63, 3.8) is 0 Å². The molecule has 1 aromatic heterocycles. The maximum absolute atomic E-state index is 6.13. The molecule has 0 amide bonds. The molecule has 2 atom stereocenters. The van der Waals surface area contributed by atoms with Crippen LogP contribution < -0.4 is 22.1 Å². The zero-order valence-electron chi connectivity index (χ0n) is 14.3. The van der Waals surface area contributed by atoms with Crippen molar-refractivity contribution in [3.05, 3.63) is 22.1 Å². The van der Waals surface area contributed by atoms with Crippen LogP contribution in [0.1, 0.15) is 31.2 Å². The number of aromatic nitrogens is 2. The molecular formula is C16H23Cl2N7O. The second-order valence-corrected chi connectivity index (χ2v) is 7.16. The van der Waals surface area contributed by atoms with Crippen LogP contribution >= 0.6 is 23.2 Å². The Morgan fingerprint density at radius 1 is 1.31 bits per heavy atom. The number of nitrogens with zero attached hydrogens (tertiary/aromatic N) is 4. The van der Waals surface area contributed by atoms with Gasteiger partial charge in [-0.2, -0.15) is 0 Å². The number of rotatable bonds is 5. The smallest absolute Gasteiger partial charge is 0.153 e. The van der Waals surface area contributed by atoms with E-state index in [4.69, 9.17) is 45.1 Å². The molecule has 6 N–H and O–H groups in total. The van der Waals surface area contributed by atoms with Crippen LogP contribution in [0.2, 0.25) is 0 Å². The van der Waals surface area contributed by atoms with E-state index in [0.29, 0.717) is 23.1 Å². The first kappa shape index (κ1) is 19.3. The summed E-state index contributed by atoms with van der Waals surface area (Å²) in [5.41, 5.74) is 18.3. The number of hydrogen-bond donors (Lipinski definition) is 3. The summed E-state index contributed by atoms with van der Waals surface area (Å²) in [4.78, 5) is 14.9. The van der Waals surface area contributed by atoms with Gasteiger partial charge in [-0.05, 0) is 25.3 Å². The van der Waals surface area contributed by atoms with Gasteiger partial charge in [-0.3, -0.25) is 0 Å². The molecule has 0 aromatic carbocycles. The minimum absolute atomic E-state index is 0.199. The van der Waals surface area contributed by atoms with Crippen molar-refractivity contribution >= 4 is 41.1 Å². The van der Waals surface area contributed by atoms with Gasteiger partial charge in [-0.15, -0.1) is 0 Å². The maximum Gasteiger partial charge on any atom is 0.153 e. The Hall–Kier alpha value is -1.45. The maximum atomic E-state index is 6.13. The monoisotopic (exact) mass is 399 g/mol. The van der Waals surface area contributed by atoms with Crippen LogP contribution in [0.3, 0.4) is 0 Å². The highest BCUT2D eigenvalue weighted by molar-refractivity contribution is 6.40. The number of hydrogen-bond acceptors (Lipinski definition) is 8. The Balaban J connectivity index is 1.67. The Bertz CT molecular complexity index is 704. The van der Waals surface area contributed by atoms with Crippen LogP contribution in [-0.4, -0.2) is 41.9 Å². The average Bonchev–Trinajstić information content (AvgIpc) is 2.65. The van der Waals surface area contributed by atoms with E-state index in [9.17, 15) is 0 Å². The van der Waals surface area contributed by atoms with Crippen LogP contribution in [-0.2, 0) is 4.74 Å². The standard InChI is InChI=1S/C16H23Cl2N7O/c17-12-10(1-4-22-14(12)18)26-16(21)13-15(20)24-11(8-23-13)25-5-2-9(7-19)3-6-25/h4,8-10,16H,1-3,5-7,19,21H2,(H2,20,24). The van der Waals surface area contributed by atoms with Gasteiger partial charge < -0.3 is 26.8 Å². The van der Waals surface area contributed by atoms with Gasteiger partial charge in [-0.1, -0.05) is 23.2 Å². The quantitative estimate of drug-likeness (QED) is 0.507. The molecule has 3 rings (SSSR count). The zero-order chi connectivity index (χ0) is 18.7. The molecule has 0 spiro atoms. The highest BCUT2D eigenvalue weighted by Crippen LogP contribution is 2.30. The number of nitrogen functional groups attached to an aromatic ring is 1. The summed E-state index contributed by atoms with van der Waals surface area (Å²) in [6.07, 6.45) is 4.51. The molecular weight excluding hydrogens is 377 g/mol. The van der Waals surface area contributed by atoms with Gasteiger partial charge in [0.05, 0.1) is 11.2 Å². The first-order chi connectivity index (χ1) is 12.5. The van der Waals surface area contributed by atoms with Gasteiger partial charge in [0.25, 0.3) is 0 Å². The predicted molar refractivity (Wildman–Crippen MR) is 104 cm³/mol. The third kappa shape index (κ3) is 4.27. The molecule has 2 aliphatic rings. The zero-order valence-corrected chi connectivity index (χ0v) is 15.8. The lowest BCUT2D eigenvalue weighted by molar-refractivity contribution is 0.0148. The number of halogens is 2. The van der Waals surface area contributed by atoms with Gasteiger partial charge in [0, 0.05) is 25.7 Å². The van der Waals surface area contributed by atoms with Crippen molar-refractivity contribution < 1.29 is 4.74 Å². The third-order valence-corrected chi connectivity index (χ3v) is 5.49. The van der Waals surface area contributed by atoms with Gasteiger partial charge in [-0.25, -0.2) is 15.0 Å². The predicted octanol–water partition coefficient (Wildman–Crippen LogP) is 1.70. The molecule has 1 fully saturated rings. The number of piperidine rings is 1. The van der Waals surface area contributed by atoms with Crippen LogP contribution in [0.25, 0.3) is 0 Å². The molecule has 1 saturated heterocycles. The highest BCUT2D eigenvalue weighted by atomic mass is 35.5. The van der Waals surface area contributed by atoms with Gasteiger partial charge >= 0.3 is 0 Å². The van der Waals surface area contributed by atoms with Crippen molar-refractivity contribution in [3.8, 4) is 0 Å². The summed E-state index contributed by atoms with van der Waals surface area (Å²) >= 11 is 12.0. The van der Waals surface area contributed by atoms with Crippen molar-refractivity contribution in [1.82, 2.24) is 9.97 Å². The number of anilines is 2. The molecule has 8 nitrogen and oxygen atoms in total. The van der Waals surface area contributed by atoms with Crippen molar-refractivity contribution in [2.45, 2.75) is 31.6 Å². The molecule has 26 heavy (non-hydrogen) atoms. The molecule has 0 aliphatic carbocycles. The Morgan fingerprint density at radius 3 is 2.69 bits per heavy atom. The molecule has 10 heteroatoms. The molecule has 0 radical (unpaired) electrons. The number of aliphatic imine (C=N–C) groups is 1.